The van der Waals surface area contributed by atoms with E-state index in [4.69, 9.17) is 4.74 Å². The number of halogens is 2. The summed E-state index contributed by atoms with van der Waals surface area (Å²) >= 11 is 0. The first-order valence-electron chi connectivity index (χ1n) is 12.7. The van der Waals surface area contributed by atoms with Crippen LogP contribution in [0.5, 0.6) is 5.75 Å². The number of rotatable bonds is 8. The zero-order valence-electron chi connectivity index (χ0n) is 21.0. The predicted molar refractivity (Wildman–Crippen MR) is 136 cm³/mol. The maximum absolute atomic E-state index is 13.5. The maximum atomic E-state index is 13.5. The number of amides is 4. The van der Waals surface area contributed by atoms with Crippen molar-refractivity contribution in [3.05, 3.63) is 60.2 Å². The van der Waals surface area contributed by atoms with E-state index in [0.717, 1.165) is 5.56 Å². The molecule has 0 aliphatic carbocycles. The average Bonchev–Trinajstić information content (AvgIpc) is 2.94. The molecule has 2 fully saturated rings. The van der Waals surface area contributed by atoms with Crippen LogP contribution in [-0.2, 0) is 20.7 Å². The summed E-state index contributed by atoms with van der Waals surface area (Å²) in [5.41, 5.74) is 0.906. The number of carbonyl (C=O) groups is 3. The molecule has 0 unspecified atom stereocenters. The first-order chi connectivity index (χ1) is 18.4. The molecule has 11 heteroatoms. The number of piperidine rings is 1. The molecule has 2 aromatic rings. The van der Waals surface area contributed by atoms with E-state index in [1.165, 1.54) is 18.2 Å². The summed E-state index contributed by atoms with van der Waals surface area (Å²) in [4.78, 5) is 42.7. The van der Waals surface area contributed by atoms with Crippen LogP contribution >= 0.6 is 0 Å². The topological polar surface area (TPSA) is 100 Å². The van der Waals surface area contributed by atoms with Gasteiger partial charge >= 0.3 is 12.6 Å². The van der Waals surface area contributed by atoms with Crippen molar-refractivity contribution in [2.45, 2.75) is 31.9 Å². The van der Waals surface area contributed by atoms with Crippen molar-refractivity contribution >= 4 is 23.5 Å². The van der Waals surface area contributed by atoms with Gasteiger partial charge in [-0.2, -0.15) is 8.78 Å². The van der Waals surface area contributed by atoms with Crippen molar-refractivity contribution in [2.75, 3.05) is 44.7 Å². The Morgan fingerprint density at radius 1 is 0.921 bits per heavy atom. The van der Waals surface area contributed by atoms with E-state index in [9.17, 15) is 23.2 Å². The van der Waals surface area contributed by atoms with Gasteiger partial charge in [-0.05, 0) is 30.5 Å². The number of benzene rings is 2. The standard InChI is InChI=1S/C27H32F2N4O5/c28-26(29)38-23-9-5-4-8-21(23)30-27(36)31-22(18-19-6-2-1-3-7-19)25(35)32-12-10-20(11-13-32)24(34)33-14-16-37-17-15-33/h1-9,20,22,26H,10-18H2,(H2,30,31,36)/t22-/m1/s1. The van der Waals surface area contributed by atoms with E-state index in [-0.39, 0.29) is 35.6 Å². The first-order valence-corrected chi connectivity index (χ1v) is 12.7. The number of likely N-dealkylation sites (tertiary alicyclic amines) is 1. The number of para-hydroxylation sites is 2. The zero-order valence-corrected chi connectivity index (χ0v) is 21.0. The Kier molecular flexibility index (Phi) is 9.47. The highest BCUT2D eigenvalue weighted by Gasteiger charge is 2.33. The van der Waals surface area contributed by atoms with Crippen LogP contribution in [-0.4, -0.2) is 79.7 Å². The molecule has 204 valence electrons. The number of ether oxygens (including phenoxy) is 2. The van der Waals surface area contributed by atoms with Crippen LogP contribution < -0.4 is 15.4 Å². The van der Waals surface area contributed by atoms with Crippen LogP contribution in [0.1, 0.15) is 18.4 Å². The van der Waals surface area contributed by atoms with Crippen LogP contribution in [0, 0.1) is 5.92 Å². The lowest BCUT2D eigenvalue weighted by Crippen LogP contribution is -2.53. The molecule has 0 aromatic heterocycles. The number of morpholine rings is 1. The molecule has 1 atom stereocenters. The summed E-state index contributed by atoms with van der Waals surface area (Å²) in [6.45, 7) is 0.00119. The lowest BCUT2D eigenvalue weighted by atomic mass is 9.94. The molecule has 2 N–H and O–H groups in total. The molecule has 2 aliphatic heterocycles. The van der Waals surface area contributed by atoms with Crippen molar-refractivity contribution in [3.63, 3.8) is 0 Å². The molecule has 2 aromatic carbocycles. The normalized spacial score (nSPS) is 17.1. The first kappa shape index (κ1) is 27.3. The Morgan fingerprint density at radius 3 is 2.26 bits per heavy atom. The second kappa shape index (κ2) is 13.2. The Balaban J connectivity index is 1.40. The van der Waals surface area contributed by atoms with Crippen molar-refractivity contribution in [2.24, 2.45) is 5.92 Å². The van der Waals surface area contributed by atoms with Crippen LogP contribution in [0.2, 0.25) is 0 Å². The number of anilines is 1. The predicted octanol–water partition coefficient (Wildman–Crippen LogP) is 3.12. The van der Waals surface area contributed by atoms with Crippen LogP contribution in [0.4, 0.5) is 19.3 Å². The molecule has 0 radical (unpaired) electrons. The number of carbonyl (C=O) groups excluding carboxylic acids is 3. The zero-order chi connectivity index (χ0) is 26.9. The molecule has 2 heterocycles. The number of nitrogens with one attached hydrogen (secondary N) is 2. The van der Waals surface area contributed by atoms with Crippen molar-refractivity contribution in [3.8, 4) is 5.75 Å². The second-order valence-electron chi connectivity index (χ2n) is 9.25. The molecular formula is C27H32F2N4O5. The minimum atomic E-state index is -3.05. The fourth-order valence-electron chi connectivity index (χ4n) is 4.74. The summed E-state index contributed by atoms with van der Waals surface area (Å²) < 4.78 is 35.3. The Hall–Kier alpha value is -3.73. The largest absolute Gasteiger partial charge is 0.433 e. The van der Waals surface area contributed by atoms with Gasteiger partial charge in [-0.1, -0.05) is 42.5 Å². The van der Waals surface area contributed by atoms with Gasteiger partial charge in [0.05, 0.1) is 18.9 Å². The van der Waals surface area contributed by atoms with Gasteiger partial charge in [0.1, 0.15) is 11.8 Å². The van der Waals surface area contributed by atoms with Crippen molar-refractivity contribution < 1.29 is 32.6 Å². The molecule has 9 nitrogen and oxygen atoms in total. The minimum Gasteiger partial charge on any atom is -0.433 e. The second-order valence-corrected chi connectivity index (χ2v) is 9.25. The van der Waals surface area contributed by atoms with E-state index < -0.39 is 18.7 Å². The van der Waals surface area contributed by atoms with Gasteiger partial charge in [-0.3, -0.25) is 9.59 Å². The fraction of sp³-hybridized carbons (Fsp3) is 0.444. The van der Waals surface area contributed by atoms with Gasteiger partial charge in [-0.15, -0.1) is 0 Å². The summed E-state index contributed by atoms with van der Waals surface area (Å²) in [5.74, 6) is -0.496. The summed E-state index contributed by atoms with van der Waals surface area (Å²) in [6.07, 6.45) is 1.34. The number of alkyl halides is 2. The van der Waals surface area contributed by atoms with Crippen molar-refractivity contribution in [1.82, 2.24) is 15.1 Å². The van der Waals surface area contributed by atoms with Crippen molar-refractivity contribution in [1.29, 1.82) is 0 Å². The van der Waals surface area contributed by atoms with Gasteiger partial charge in [0.25, 0.3) is 0 Å². The SMILES string of the molecule is O=C(Nc1ccccc1OC(F)F)N[C@H](Cc1ccccc1)C(=O)N1CCC(C(=O)N2CCOCC2)CC1. The summed E-state index contributed by atoms with van der Waals surface area (Å²) in [5, 5.41) is 5.21. The highest BCUT2D eigenvalue weighted by Crippen LogP contribution is 2.26. The van der Waals surface area contributed by atoms with E-state index >= 15 is 0 Å². The Labute approximate surface area is 220 Å². The van der Waals surface area contributed by atoms with E-state index in [1.54, 1.807) is 11.0 Å². The quantitative estimate of drug-likeness (QED) is 0.547. The monoisotopic (exact) mass is 530 g/mol. The molecule has 4 amide bonds. The van der Waals surface area contributed by atoms with Gasteiger partial charge in [0.2, 0.25) is 11.8 Å². The number of hydrogen-bond donors (Lipinski definition) is 2. The number of hydrogen-bond acceptors (Lipinski definition) is 5. The van der Waals surface area contributed by atoms with Crippen LogP contribution in [0.15, 0.2) is 54.6 Å². The molecule has 38 heavy (non-hydrogen) atoms. The summed E-state index contributed by atoms with van der Waals surface area (Å²) in [6, 6.07) is 13.5. The third-order valence-electron chi connectivity index (χ3n) is 6.72. The third kappa shape index (κ3) is 7.41. The minimum absolute atomic E-state index is 0.0543. The molecule has 0 bridgehead atoms. The molecule has 2 saturated heterocycles. The maximum Gasteiger partial charge on any atom is 0.387 e. The summed E-state index contributed by atoms with van der Waals surface area (Å²) in [7, 11) is 0. The average molecular weight is 531 g/mol. The van der Waals surface area contributed by atoms with Gasteiger partial charge in [-0.25, -0.2) is 4.79 Å². The fourth-order valence-corrected chi connectivity index (χ4v) is 4.74. The number of nitrogens with zero attached hydrogens (tertiary/aromatic N) is 2. The molecular weight excluding hydrogens is 498 g/mol. The van der Waals surface area contributed by atoms with E-state index in [0.29, 0.717) is 52.2 Å². The Morgan fingerprint density at radius 2 is 1.58 bits per heavy atom. The van der Waals surface area contributed by atoms with Gasteiger partial charge < -0.3 is 29.9 Å². The third-order valence-corrected chi connectivity index (χ3v) is 6.72. The molecule has 0 saturated carbocycles. The smallest absolute Gasteiger partial charge is 0.387 e. The van der Waals surface area contributed by atoms with E-state index in [2.05, 4.69) is 15.4 Å². The van der Waals surface area contributed by atoms with Crippen LogP contribution in [0.3, 0.4) is 0 Å². The van der Waals surface area contributed by atoms with E-state index in [1.807, 2.05) is 35.2 Å². The van der Waals surface area contributed by atoms with Gasteiger partial charge in [0.15, 0.2) is 0 Å². The lowest BCUT2D eigenvalue weighted by Gasteiger charge is -2.36. The Bertz CT molecular complexity index is 1090. The molecule has 2 aliphatic rings. The van der Waals surface area contributed by atoms with Gasteiger partial charge in [0, 0.05) is 38.5 Å². The number of urea groups is 1. The molecule has 4 rings (SSSR count). The highest BCUT2D eigenvalue weighted by atomic mass is 19.3. The highest BCUT2D eigenvalue weighted by molar-refractivity contribution is 5.95. The van der Waals surface area contributed by atoms with Crippen LogP contribution in [0.25, 0.3) is 0 Å². The lowest BCUT2D eigenvalue weighted by molar-refractivity contribution is -0.144. The molecule has 0 spiro atoms.